The number of carbonyl (C=O) groups is 4. The van der Waals surface area contributed by atoms with Gasteiger partial charge < -0.3 is 45.7 Å². The lowest BCUT2D eigenvalue weighted by atomic mass is 10.0. The van der Waals surface area contributed by atoms with E-state index in [9.17, 15) is 14.4 Å². The first-order valence-corrected chi connectivity index (χ1v) is 35.4. The maximum Gasteiger partial charge on any atom is 0.300 e. The van der Waals surface area contributed by atoms with Gasteiger partial charge in [0.1, 0.15) is 35.2 Å². The molecule has 3 atom stereocenters. The fraction of sp³-hybridized carbons (Fsp3) is 0.373. The number of hydrogen-bond donors (Lipinski definition) is 5. The van der Waals surface area contributed by atoms with Gasteiger partial charge in [-0.25, -0.2) is 24.9 Å². The second-order valence-electron chi connectivity index (χ2n) is 24.4. The topological polar surface area (TPSA) is 448 Å². The summed E-state index contributed by atoms with van der Waals surface area (Å²) in [5.74, 6) is 19.8. The van der Waals surface area contributed by atoms with Gasteiger partial charge in [0.25, 0.3) is 5.97 Å². The molecule has 3 aliphatic heterocycles. The summed E-state index contributed by atoms with van der Waals surface area (Å²) in [6.45, 7) is 7.28. The summed E-state index contributed by atoms with van der Waals surface area (Å²) in [6, 6.07) is 20.5. The molecule has 6 aromatic heterocycles. The number of carboxylic acid groups (broad SMARTS) is 1. The molecule has 0 saturated heterocycles. The number of hydrazine groups is 1. The number of aromatic nitrogens is 16. The van der Waals surface area contributed by atoms with E-state index < -0.39 is 5.97 Å². The maximum absolute atomic E-state index is 13.1. The van der Waals surface area contributed by atoms with Crippen LogP contribution in [0.2, 0.25) is 5.28 Å². The van der Waals surface area contributed by atoms with Crippen molar-refractivity contribution < 1.29 is 29.8 Å². The first kappa shape index (κ1) is 84.7. The smallest absolute Gasteiger partial charge is 0.300 e. The van der Waals surface area contributed by atoms with Crippen molar-refractivity contribution in [2.24, 2.45) is 17.4 Å². The molecule has 10 N–H and O–H groups in total. The van der Waals surface area contributed by atoms with E-state index in [1.807, 2.05) is 99.9 Å². The Morgan fingerprint density at radius 3 is 1.33 bits per heavy atom. The first-order valence-electron chi connectivity index (χ1n) is 35.0. The minimum absolute atomic E-state index is 0. The molecule has 2 aromatic carbocycles. The molecular weight excluding hydrogens is 1400 g/mol. The molecular formula is C75H92ClN26O6+. The molecule has 32 nitrogen and oxygen atoms in total. The summed E-state index contributed by atoms with van der Waals surface area (Å²) in [7, 11) is 5.42. The van der Waals surface area contributed by atoms with Gasteiger partial charge in [0.2, 0.25) is 34.4 Å². The van der Waals surface area contributed by atoms with E-state index >= 15 is 0 Å². The summed E-state index contributed by atoms with van der Waals surface area (Å²) in [6.07, 6.45) is 46.1. The lowest BCUT2D eigenvalue weighted by Gasteiger charge is -2.43. The highest BCUT2D eigenvalue weighted by atomic mass is 35.5. The Morgan fingerprint density at radius 2 is 0.954 bits per heavy atom. The van der Waals surface area contributed by atoms with Gasteiger partial charge in [0.05, 0.1) is 55.4 Å². The average Bonchev–Trinajstić information content (AvgIpc) is 0.943. The van der Waals surface area contributed by atoms with E-state index in [0.29, 0.717) is 29.8 Å². The zero-order chi connectivity index (χ0) is 77.0. The van der Waals surface area contributed by atoms with Gasteiger partial charge in [-0.1, -0.05) is 120 Å². The van der Waals surface area contributed by atoms with Crippen LogP contribution in [0.1, 0.15) is 135 Å². The standard InChI is InChI=1S/C24H26N6O.C22H24N4O.C14H19ClN4O.C8H5.2C2H2N4.C2H4O2.CH4N2.H4N2.H2O/c1-3-20-24(31)29(2)21-15-25-22(28-23(21)30(20)17-11-7-8-12-17)19-14-27-26-13-18(19)16-9-5-4-6-10-16;1-3-18-22(27)25(2)19-15-23-20(14-13-16-9-5-4-6-10-16)24-21(19)26(18)17-11-7-8-12-17;1-3-10-13(20)18(2)11-8-16-14(15)17-12(11)19(10)9-6-4-5-7-9;1-2-8-6-4-3-5-7-8;2*1-3-5-2-6-4-1;1-2(3)4;2-1-3;1-2;/h4-6,9-10,13-15,17,20H,3,7-8,11-12H2,1-2H3;4-6,9-10,15,17-18H,3,7-8,11-12H2,1-2H3;8-10H,3-7H2,1-2H3;1,3-6H;2*1-2H;1H3,(H,3,4);1H,(H3,2,3);1-2H2;1H2/q;;;+1;;;;;;/t20-;18-;10-;;;;;;;/m111......./s1. The molecule has 3 saturated carbocycles. The highest BCUT2D eigenvalue weighted by Crippen LogP contribution is 2.43. The number of hydrogen-bond acceptors (Lipinski definition) is 26. The number of nitrogens with two attached hydrogens (primary N) is 3. The Morgan fingerprint density at radius 1 is 0.574 bits per heavy atom. The van der Waals surface area contributed by atoms with Crippen LogP contribution in [0.15, 0.2) is 147 Å². The van der Waals surface area contributed by atoms with Crippen molar-refractivity contribution in [2.75, 3.05) is 50.5 Å². The molecule has 0 radical (unpaired) electrons. The number of carboxylic acids is 1. The van der Waals surface area contributed by atoms with Crippen molar-refractivity contribution in [2.45, 2.75) is 160 Å². The van der Waals surface area contributed by atoms with E-state index in [0.717, 1.165) is 133 Å². The summed E-state index contributed by atoms with van der Waals surface area (Å²) in [5, 5.41) is 48.6. The third-order valence-corrected chi connectivity index (χ3v) is 18.1. The Labute approximate surface area is 633 Å². The highest BCUT2D eigenvalue weighted by Gasteiger charge is 2.44. The fourth-order valence-electron chi connectivity index (χ4n) is 13.1. The number of allylic oxidation sites excluding steroid dienone is 6. The summed E-state index contributed by atoms with van der Waals surface area (Å²) in [4.78, 5) is 86.6. The zero-order valence-corrected chi connectivity index (χ0v) is 62.3. The van der Waals surface area contributed by atoms with Gasteiger partial charge in [-0.3, -0.25) is 36.3 Å². The summed E-state index contributed by atoms with van der Waals surface area (Å²) < 4.78 is 0. The Hall–Kier alpha value is -12.2. The fourth-order valence-corrected chi connectivity index (χ4v) is 13.3. The van der Waals surface area contributed by atoms with Gasteiger partial charge in [0.15, 0.2) is 48.6 Å². The van der Waals surface area contributed by atoms with Crippen LogP contribution in [0.4, 0.5) is 34.5 Å². The van der Waals surface area contributed by atoms with Crippen molar-refractivity contribution >= 4 is 76.1 Å². The molecule has 9 heterocycles. The van der Waals surface area contributed by atoms with Crippen LogP contribution in [0.3, 0.4) is 0 Å². The van der Waals surface area contributed by atoms with Crippen molar-refractivity contribution in [3.63, 3.8) is 0 Å². The highest BCUT2D eigenvalue weighted by molar-refractivity contribution is 6.28. The first-order chi connectivity index (χ1) is 52.1. The number of anilines is 6. The van der Waals surface area contributed by atoms with Crippen molar-refractivity contribution in [3.8, 4) is 46.7 Å². The summed E-state index contributed by atoms with van der Waals surface area (Å²) in [5.41, 5.74) is 11.3. The second-order valence-corrected chi connectivity index (χ2v) is 24.8. The molecule has 564 valence electrons. The largest absolute Gasteiger partial charge is 0.481 e. The molecule has 0 spiro atoms. The molecule has 8 aromatic rings. The third-order valence-electron chi connectivity index (χ3n) is 17.9. The van der Waals surface area contributed by atoms with Crippen LogP contribution in [-0.4, -0.2) is 179 Å². The van der Waals surface area contributed by atoms with Crippen LogP contribution in [-0.2, 0) is 19.2 Å². The molecule has 0 unspecified atom stereocenters. The number of fused-ring (bicyclic) bond motifs is 3. The van der Waals surface area contributed by atoms with Crippen LogP contribution in [0.5, 0.6) is 0 Å². The number of aliphatic carboxylic acids is 1. The van der Waals surface area contributed by atoms with Crippen LogP contribution in [0.25, 0.3) is 22.5 Å². The van der Waals surface area contributed by atoms with Crippen LogP contribution >= 0.6 is 11.6 Å². The van der Waals surface area contributed by atoms with Gasteiger partial charge in [-0.15, -0.1) is 40.8 Å². The number of rotatable bonds is 8. The predicted molar refractivity (Wildman–Crippen MR) is 414 cm³/mol. The van der Waals surface area contributed by atoms with E-state index in [2.05, 4.69) is 141 Å². The third kappa shape index (κ3) is 22.9. The number of nitrogens with zero attached hydrogens (tertiary/aromatic N) is 22. The van der Waals surface area contributed by atoms with Crippen molar-refractivity contribution in [3.05, 3.63) is 170 Å². The SMILES string of the molecule is C#CC1=CC=CC=[C+]1.CC(=O)O.CC[C@@H]1C(=O)N(C)c2cnc(-c3cnncc3-c3ccccc3)nc2N1C1CCCC1.CC[C@@H]1C(=O)N(C)c2cnc(C#Cc3ccccc3)nc2N1C1CCCC1.CC[C@@H]1C(=O)N(C)c2cnc(Cl)nc2N1C1CCCC1.N=CN.NN.O.c1nncnn1.c1nncnn1. The molecule has 3 fully saturated rings. The second kappa shape index (κ2) is 44.6. The number of halogens is 1. The number of terminal acetylenes is 1. The van der Waals surface area contributed by atoms with Crippen molar-refractivity contribution in [1.29, 1.82) is 5.41 Å². The molecule has 7 aliphatic rings. The molecule has 3 amide bonds. The minimum atomic E-state index is -0.833. The monoisotopic (exact) mass is 1490 g/mol. The Kier molecular flexibility index (Phi) is 35.0. The normalized spacial score (nSPS) is 17.0. The molecule has 4 aliphatic carbocycles. The number of carbonyl (C=O) groups excluding carboxylic acids is 3. The lowest BCUT2D eigenvalue weighted by Crippen LogP contribution is -2.55. The summed E-state index contributed by atoms with van der Waals surface area (Å²) >= 11 is 5.97. The molecule has 33 heteroatoms. The Bertz CT molecular complexity index is 4260. The minimum Gasteiger partial charge on any atom is -0.481 e. The van der Waals surface area contributed by atoms with E-state index in [1.54, 1.807) is 58.8 Å². The molecule has 15 rings (SSSR count). The van der Waals surface area contributed by atoms with Gasteiger partial charge in [-0.2, -0.15) is 15.2 Å². The van der Waals surface area contributed by atoms with Gasteiger partial charge in [-0.05, 0) is 93.0 Å². The Balaban J connectivity index is 0.000000215. The number of likely N-dealkylation sites (N-methyl/N-ethyl adjacent to an activating group) is 3. The van der Waals surface area contributed by atoms with Gasteiger partial charge in [0, 0.05) is 81.1 Å². The maximum atomic E-state index is 13.1. The van der Waals surface area contributed by atoms with E-state index in [-0.39, 0.29) is 46.6 Å². The number of amides is 3. The van der Waals surface area contributed by atoms with E-state index in [1.165, 1.54) is 63.8 Å². The molecule has 108 heavy (non-hydrogen) atoms. The quantitative estimate of drug-likeness (QED) is 0.0184. The van der Waals surface area contributed by atoms with Gasteiger partial charge >= 0.3 is 0 Å². The predicted octanol–water partition coefficient (Wildman–Crippen LogP) is 7.76. The number of benzene rings is 2. The van der Waals surface area contributed by atoms with Crippen LogP contribution in [0, 0.1) is 35.7 Å². The average molecular weight is 1490 g/mol. The van der Waals surface area contributed by atoms with Crippen LogP contribution < -0.4 is 46.8 Å². The molecule has 0 bridgehead atoms. The zero-order valence-electron chi connectivity index (χ0n) is 61.5. The van der Waals surface area contributed by atoms with Crippen molar-refractivity contribution in [1.82, 2.24) is 80.9 Å². The lowest BCUT2D eigenvalue weighted by molar-refractivity contribution is -0.134. The van der Waals surface area contributed by atoms with E-state index in [4.69, 9.17) is 43.3 Å². The number of nitrogens with one attached hydrogen (secondary N) is 1.